The first kappa shape index (κ1) is 20.3. The predicted octanol–water partition coefficient (Wildman–Crippen LogP) is 2.97. The molecule has 29 heavy (non-hydrogen) atoms. The van der Waals surface area contributed by atoms with E-state index < -0.39 is 0 Å². The average Bonchev–Trinajstić information content (AvgIpc) is 3.42. The van der Waals surface area contributed by atoms with E-state index in [0.29, 0.717) is 0 Å². The Morgan fingerprint density at radius 2 is 1.62 bits per heavy atom. The normalized spacial score (nSPS) is 20.4. The van der Waals surface area contributed by atoms with E-state index in [4.69, 9.17) is 0 Å². The van der Waals surface area contributed by atoms with E-state index in [1.807, 2.05) is 4.68 Å². The fraction of sp³-hybridized carbons (Fsp3) is 0.682. The average molecular weight is 398 g/mol. The molecule has 1 unspecified atom stereocenters. The van der Waals surface area contributed by atoms with E-state index in [1.165, 1.54) is 36.9 Å². The summed E-state index contributed by atoms with van der Waals surface area (Å²) in [5.74, 6) is 0.951. The van der Waals surface area contributed by atoms with Crippen LogP contribution in [0.3, 0.4) is 0 Å². The summed E-state index contributed by atoms with van der Waals surface area (Å²) in [4.78, 5) is 7.42. The molecule has 7 nitrogen and oxygen atoms in total. The molecule has 0 amide bonds. The molecule has 7 heteroatoms. The van der Waals surface area contributed by atoms with Gasteiger partial charge in [-0.15, -0.1) is 5.10 Å². The van der Waals surface area contributed by atoms with Gasteiger partial charge in [0.15, 0.2) is 5.82 Å². The lowest BCUT2D eigenvalue weighted by atomic mass is 10.0. The zero-order chi connectivity index (χ0) is 20.4. The zero-order valence-corrected chi connectivity index (χ0v) is 18.3. The van der Waals surface area contributed by atoms with Gasteiger partial charge in [0.25, 0.3) is 0 Å². The number of piperazine rings is 1. The van der Waals surface area contributed by atoms with Crippen LogP contribution in [-0.2, 0) is 0 Å². The monoisotopic (exact) mass is 397 g/mol. The number of tetrazole rings is 1. The predicted molar refractivity (Wildman–Crippen MR) is 116 cm³/mol. The van der Waals surface area contributed by atoms with E-state index in [0.717, 1.165) is 38.0 Å². The summed E-state index contributed by atoms with van der Waals surface area (Å²) in [7, 11) is 4.15. The van der Waals surface area contributed by atoms with E-state index >= 15 is 0 Å². The van der Waals surface area contributed by atoms with Crippen LogP contribution in [-0.4, -0.2) is 76.3 Å². The fourth-order valence-corrected chi connectivity index (χ4v) is 4.86. The summed E-state index contributed by atoms with van der Waals surface area (Å²) in [6.45, 7) is 8.68. The molecule has 1 saturated heterocycles. The van der Waals surface area contributed by atoms with Crippen LogP contribution in [0.4, 0.5) is 5.69 Å². The Morgan fingerprint density at radius 1 is 0.966 bits per heavy atom. The summed E-state index contributed by atoms with van der Waals surface area (Å²) in [5.41, 5.74) is 2.48. The lowest BCUT2D eigenvalue weighted by molar-refractivity contribution is 0.0767. The Labute approximate surface area is 174 Å². The quantitative estimate of drug-likeness (QED) is 0.747. The van der Waals surface area contributed by atoms with Crippen molar-refractivity contribution >= 4 is 5.69 Å². The van der Waals surface area contributed by atoms with E-state index in [1.54, 1.807) is 0 Å². The number of nitrogens with zero attached hydrogens (tertiary/aromatic N) is 7. The lowest BCUT2D eigenvalue weighted by Crippen LogP contribution is -2.51. The van der Waals surface area contributed by atoms with Crippen molar-refractivity contribution < 1.29 is 0 Å². The van der Waals surface area contributed by atoms with Crippen molar-refractivity contribution in [3.63, 3.8) is 0 Å². The van der Waals surface area contributed by atoms with Gasteiger partial charge in [-0.25, -0.2) is 4.68 Å². The van der Waals surface area contributed by atoms with Crippen molar-refractivity contribution in [1.82, 2.24) is 30.0 Å². The maximum absolute atomic E-state index is 4.48. The van der Waals surface area contributed by atoms with Gasteiger partial charge in [-0.2, -0.15) is 0 Å². The number of hydrogen-bond donors (Lipinski definition) is 0. The molecule has 1 aromatic heterocycles. The van der Waals surface area contributed by atoms with Crippen molar-refractivity contribution in [2.45, 2.75) is 57.7 Å². The highest BCUT2D eigenvalue weighted by molar-refractivity contribution is 5.47. The standard InChI is InChI=1S/C22H35N7/c1-17(2)29-22(23-24-25-29)21(18-9-11-19(12-10-18)26(3)4)28-15-13-27(14-16-28)20-7-5-6-8-20/h9-12,17,20-21H,5-8,13-16H2,1-4H3. The molecule has 1 saturated carbocycles. The molecule has 4 rings (SSSR count). The molecule has 1 aliphatic carbocycles. The van der Waals surface area contributed by atoms with Crippen LogP contribution in [0.15, 0.2) is 24.3 Å². The second-order valence-corrected chi connectivity index (χ2v) is 8.97. The summed E-state index contributed by atoms with van der Waals surface area (Å²) >= 11 is 0. The molecule has 158 valence electrons. The highest BCUT2D eigenvalue weighted by Crippen LogP contribution is 2.32. The smallest absolute Gasteiger partial charge is 0.173 e. The Morgan fingerprint density at radius 3 is 2.21 bits per heavy atom. The van der Waals surface area contributed by atoms with Gasteiger partial charge in [0.1, 0.15) is 0 Å². The molecule has 0 bridgehead atoms. The summed E-state index contributed by atoms with van der Waals surface area (Å²) in [5, 5.41) is 12.8. The number of hydrogen-bond acceptors (Lipinski definition) is 6. The Bertz CT molecular complexity index is 769. The highest BCUT2D eigenvalue weighted by atomic mass is 15.6. The van der Waals surface area contributed by atoms with Crippen molar-refractivity contribution in [2.24, 2.45) is 0 Å². The molecule has 0 N–H and O–H groups in total. The third-order valence-corrected chi connectivity index (χ3v) is 6.53. The zero-order valence-electron chi connectivity index (χ0n) is 18.3. The third-order valence-electron chi connectivity index (χ3n) is 6.53. The Kier molecular flexibility index (Phi) is 6.15. The van der Waals surface area contributed by atoms with E-state index in [2.05, 4.69) is 82.4 Å². The second kappa shape index (κ2) is 8.79. The molecular weight excluding hydrogens is 362 g/mol. The van der Waals surface area contributed by atoms with Crippen LogP contribution in [0.5, 0.6) is 0 Å². The molecule has 2 heterocycles. The lowest BCUT2D eigenvalue weighted by Gasteiger charge is -2.41. The van der Waals surface area contributed by atoms with Crippen LogP contribution in [0, 0.1) is 0 Å². The van der Waals surface area contributed by atoms with Gasteiger partial charge >= 0.3 is 0 Å². The maximum Gasteiger partial charge on any atom is 0.173 e. The van der Waals surface area contributed by atoms with Crippen LogP contribution in [0.2, 0.25) is 0 Å². The third kappa shape index (κ3) is 4.31. The first-order chi connectivity index (χ1) is 14.0. The number of rotatable bonds is 6. The SMILES string of the molecule is CC(C)n1nnnc1C(c1ccc(N(C)C)cc1)N1CCN(C2CCCC2)CC1. The van der Waals surface area contributed by atoms with Gasteiger partial charge in [0.2, 0.25) is 0 Å². The molecule has 1 atom stereocenters. The van der Waals surface area contributed by atoms with Gasteiger partial charge in [-0.3, -0.25) is 9.80 Å². The first-order valence-corrected chi connectivity index (χ1v) is 11.1. The summed E-state index contributed by atoms with van der Waals surface area (Å²) in [6, 6.07) is 10.0. The van der Waals surface area contributed by atoms with Gasteiger partial charge in [0, 0.05) is 52.0 Å². The van der Waals surface area contributed by atoms with Crippen LogP contribution >= 0.6 is 0 Å². The molecule has 1 aromatic carbocycles. The van der Waals surface area contributed by atoms with Crippen molar-refractivity contribution in [3.05, 3.63) is 35.7 Å². The van der Waals surface area contributed by atoms with E-state index in [9.17, 15) is 0 Å². The van der Waals surface area contributed by atoms with Gasteiger partial charge in [-0.05, 0) is 54.8 Å². The number of anilines is 1. The fourth-order valence-electron chi connectivity index (χ4n) is 4.86. The minimum atomic E-state index is 0.0920. The Hall–Kier alpha value is -1.99. The van der Waals surface area contributed by atoms with Gasteiger partial charge in [0.05, 0.1) is 12.1 Å². The largest absolute Gasteiger partial charge is 0.378 e. The molecular formula is C22H35N7. The summed E-state index contributed by atoms with van der Waals surface area (Å²) in [6.07, 6.45) is 5.55. The Balaban J connectivity index is 1.59. The molecule has 0 radical (unpaired) electrons. The second-order valence-electron chi connectivity index (χ2n) is 8.97. The highest BCUT2D eigenvalue weighted by Gasteiger charge is 2.33. The summed E-state index contributed by atoms with van der Waals surface area (Å²) < 4.78 is 1.98. The van der Waals surface area contributed by atoms with Gasteiger partial charge in [-0.1, -0.05) is 25.0 Å². The molecule has 1 aliphatic heterocycles. The van der Waals surface area contributed by atoms with Crippen LogP contribution in [0.25, 0.3) is 0 Å². The van der Waals surface area contributed by atoms with E-state index in [-0.39, 0.29) is 12.1 Å². The van der Waals surface area contributed by atoms with Gasteiger partial charge < -0.3 is 4.90 Å². The molecule has 2 aliphatic rings. The van der Waals surface area contributed by atoms with Crippen molar-refractivity contribution in [1.29, 1.82) is 0 Å². The molecule has 0 spiro atoms. The van der Waals surface area contributed by atoms with Crippen molar-refractivity contribution in [3.8, 4) is 0 Å². The van der Waals surface area contributed by atoms with Crippen LogP contribution in [0.1, 0.15) is 63.0 Å². The van der Waals surface area contributed by atoms with Crippen LogP contribution < -0.4 is 4.90 Å². The number of benzene rings is 1. The minimum absolute atomic E-state index is 0.0920. The first-order valence-electron chi connectivity index (χ1n) is 11.1. The maximum atomic E-state index is 4.48. The number of aromatic nitrogens is 4. The molecule has 2 fully saturated rings. The minimum Gasteiger partial charge on any atom is -0.378 e. The topological polar surface area (TPSA) is 53.3 Å². The molecule has 2 aromatic rings. The van der Waals surface area contributed by atoms with Crippen molar-refractivity contribution in [2.75, 3.05) is 45.2 Å².